The van der Waals surface area contributed by atoms with E-state index < -0.39 is 5.54 Å². The van der Waals surface area contributed by atoms with Crippen molar-refractivity contribution in [1.82, 2.24) is 15.1 Å². The maximum atomic E-state index is 12.5. The Kier molecular flexibility index (Phi) is 3.22. The number of carbonyl (C=O) groups is 2. The average Bonchev–Trinajstić information content (AvgIpc) is 2.66. The number of urea groups is 1. The summed E-state index contributed by atoms with van der Waals surface area (Å²) >= 11 is 0. The molecule has 0 radical (unpaired) electrons. The molecule has 0 aromatic heterocycles. The molecular weight excluding hydrogens is 254 g/mol. The predicted molar refractivity (Wildman–Crippen MR) is 75.0 cm³/mol. The molecule has 0 atom stereocenters. The quantitative estimate of drug-likeness (QED) is 0.824. The number of piperidine rings is 1. The van der Waals surface area contributed by atoms with E-state index in [4.69, 9.17) is 0 Å². The van der Waals surface area contributed by atoms with Gasteiger partial charge in [-0.3, -0.25) is 9.69 Å². The molecule has 2 aliphatic heterocycles. The van der Waals surface area contributed by atoms with E-state index in [9.17, 15) is 9.59 Å². The molecule has 0 aliphatic carbocycles. The Morgan fingerprint density at radius 3 is 2.45 bits per heavy atom. The van der Waals surface area contributed by atoms with Crippen LogP contribution in [0.1, 0.15) is 18.4 Å². The topological polar surface area (TPSA) is 52.7 Å². The van der Waals surface area contributed by atoms with Gasteiger partial charge in [-0.05, 0) is 31.5 Å². The SMILES string of the molecule is CN1C(=O)N(Cc2ccccc2)C2(CCNCC2)C1=O. The Morgan fingerprint density at radius 1 is 1.15 bits per heavy atom. The monoisotopic (exact) mass is 273 g/mol. The van der Waals surface area contributed by atoms with E-state index in [0.717, 1.165) is 18.7 Å². The minimum Gasteiger partial charge on any atom is -0.317 e. The van der Waals surface area contributed by atoms with Crippen LogP contribution in [0, 0.1) is 0 Å². The first-order valence-corrected chi connectivity index (χ1v) is 6.99. The maximum Gasteiger partial charge on any atom is 0.327 e. The van der Waals surface area contributed by atoms with Crippen molar-refractivity contribution < 1.29 is 9.59 Å². The van der Waals surface area contributed by atoms with Gasteiger partial charge in [0.2, 0.25) is 0 Å². The molecule has 0 bridgehead atoms. The third-order valence-electron chi connectivity index (χ3n) is 4.35. The molecule has 5 nitrogen and oxygen atoms in total. The summed E-state index contributed by atoms with van der Waals surface area (Å²) in [6.07, 6.45) is 1.38. The Bertz CT molecular complexity index is 523. The number of hydrogen-bond acceptors (Lipinski definition) is 3. The standard InChI is InChI=1S/C15H19N3O2/c1-17-13(19)15(7-9-16-10-8-15)18(14(17)20)11-12-5-3-2-4-6-12/h2-6,16H,7-11H2,1H3. The van der Waals surface area contributed by atoms with E-state index in [0.29, 0.717) is 19.4 Å². The van der Waals surface area contributed by atoms with Gasteiger partial charge in [0.15, 0.2) is 0 Å². The lowest BCUT2D eigenvalue weighted by molar-refractivity contribution is -0.133. The number of amides is 3. The highest BCUT2D eigenvalue weighted by Gasteiger charge is 2.55. The van der Waals surface area contributed by atoms with Crippen LogP contribution in [-0.4, -0.2) is 47.4 Å². The van der Waals surface area contributed by atoms with Crippen molar-refractivity contribution in [3.8, 4) is 0 Å². The number of nitrogens with zero attached hydrogens (tertiary/aromatic N) is 2. The first-order chi connectivity index (χ1) is 9.65. The minimum atomic E-state index is -0.646. The summed E-state index contributed by atoms with van der Waals surface area (Å²) < 4.78 is 0. The molecule has 3 amide bonds. The van der Waals surface area contributed by atoms with Crippen LogP contribution in [-0.2, 0) is 11.3 Å². The van der Waals surface area contributed by atoms with Gasteiger partial charge in [-0.25, -0.2) is 4.79 Å². The molecule has 2 fully saturated rings. The van der Waals surface area contributed by atoms with E-state index in [1.165, 1.54) is 4.90 Å². The van der Waals surface area contributed by atoms with Crippen molar-refractivity contribution in [2.24, 2.45) is 0 Å². The maximum absolute atomic E-state index is 12.5. The fraction of sp³-hybridized carbons (Fsp3) is 0.467. The van der Waals surface area contributed by atoms with Gasteiger partial charge >= 0.3 is 6.03 Å². The molecule has 1 N–H and O–H groups in total. The Balaban J connectivity index is 1.93. The molecule has 2 heterocycles. The van der Waals surface area contributed by atoms with Crippen LogP contribution in [0.2, 0.25) is 0 Å². The highest BCUT2D eigenvalue weighted by molar-refractivity contribution is 6.06. The van der Waals surface area contributed by atoms with Crippen molar-refractivity contribution in [2.45, 2.75) is 24.9 Å². The highest BCUT2D eigenvalue weighted by Crippen LogP contribution is 2.36. The van der Waals surface area contributed by atoms with Gasteiger partial charge in [-0.2, -0.15) is 0 Å². The number of likely N-dealkylation sites (N-methyl/N-ethyl adjacent to an activating group) is 1. The van der Waals surface area contributed by atoms with Crippen LogP contribution < -0.4 is 5.32 Å². The Labute approximate surface area is 118 Å². The van der Waals surface area contributed by atoms with Crippen molar-refractivity contribution >= 4 is 11.9 Å². The number of rotatable bonds is 2. The summed E-state index contributed by atoms with van der Waals surface area (Å²) in [5, 5.41) is 3.26. The van der Waals surface area contributed by atoms with Crippen LogP contribution >= 0.6 is 0 Å². The van der Waals surface area contributed by atoms with Gasteiger partial charge < -0.3 is 10.2 Å². The molecule has 20 heavy (non-hydrogen) atoms. The van der Waals surface area contributed by atoms with E-state index in [1.54, 1.807) is 11.9 Å². The molecule has 0 saturated carbocycles. The number of nitrogens with one attached hydrogen (secondary N) is 1. The lowest BCUT2D eigenvalue weighted by atomic mass is 9.86. The third kappa shape index (κ3) is 1.89. The van der Waals surface area contributed by atoms with Crippen molar-refractivity contribution in [2.75, 3.05) is 20.1 Å². The van der Waals surface area contributed by atoms with E-state index in [1.807, 2.05) is 30.3 Å². The first-order valence-electron chi connectivity index (χ1n) is 6.99. The zero-order chi connectivity index (χ0) is 14.2. The lowest BCUT2D eigenvalue weighted by Crippen LogP contribution is -2.55. The van der Waals surface area contributed by atoms with Gasteiger partial charge in [0.25, 0.3) is 5.91 Å². The molecule has 1 spiro atoms. The smallest absolute Gasteiger partial charge is 0.317 e. The molecule has 5 heteroatoms. The van der Waals surface area contributed by atoms with Crippen LogP contribution in [0.4, 0.5) is 4.79 Å². The molecule has 1 aromatic carbocycles. The molecule has 1 aromatic rings. The molecule has 2 aliphatic rings. The van der Waals surface area contributed by atoms with Crippen LogP contribution in [0.15, 0.2) is 30.3 Å². The minimum absolute atomic E-state index is 0.0556. The molecule has 106 valence electrons. The Morgan fingerprint density at radius 2 is 1.80 bits per heavy atom. The summed E-state index contributed by atoms with van der Waals surface area (Å²) in [4.78, 5) is 28.0. The fourth-order valence-corrected chi connectivity index (χ4v) is 3.19. The van der Waals surface area contributed by atoms with Crippen molar-refractivity contribution in [1.29, 1.82) is 0 Å². The highest BCUT2D eigenvalue weighted by atomic mass is 16.2. The zero-order valence-electron chi connectivity index (χ0n) is 11.6. The van der Waals surface area contributed by atoms with Crippen LogP contribution in [0.25, 0.3) is 0 Å². The Hall–Kier alpha value is -1.88. The molecular formula is C15H19N3O2. The number of benzene rings is 1. The second kappa shape index (κ2) is 4.90. The summed E-state index contributed by atoms with van der Waals surface area (Å²) in [6, 6.07) is 9.66. The summed E-state index contributed by atoms with van der Waals surface area (Å²) in [5.41, 5.74) is 0.411. The summed E-state index contributed by atoms with van der Waals surface area (Å²) in [6.45, 7) is 2.05. The largest absolute Gasteiger partial charge is 0.327 e. The lowest BCUT2D eigenvalue weighted by Gasteiger charge is -2.38. The normalized spacial score (nSPS) is 21.9. The first kappa shape index (κ1) is 13.1. The summed E-state index contributed by atoms with van der Waals surface area (Å²) in [5.74, 6) is -0.0556. The van der Waals surface area contributed by atoms with Gasteiger partial charge in [-0.15, -0.1) is 0 Å². The second-order valence-corrected chi connectivity index (χ2v) is 5.50. The van der Waals surface area contributed by atoms with Crippen molar-refractivity contribution in [3.05, 3.63) is 35.9 Å². The fourth-order valence-electron chi connectivity index (χ4n) is 3.19. The van der Waals surface area contributed by atoms with Gasteiger partial charge in [0.1, 0.15) is 5.54 Å². The zero-order valence-corrected chi connectivity index (χ0v) is 11.6. The van der Waals surface area contributed by atoms with E-state index in [-0.39, 0.29) is 11.9 Å². The van der Waals surface area contributed by atoms with Gasteiger partial charge in [0.05, 0.1) is 0 Å². The predicted octanol–water partition coefficient (Wildman–Crippen LogP) is 1.20. The van der Waals surface area contributed by atoms with E-state index in [2.05, 4.69) is 5.32 Å². The van der Waals surface area contributed by atoms with Crippen LogP contribution in [0.5, 0.6) is 0 Å². The van der Waals surface area contributed by atoms with Crippen molar-refractivity contribution in [3.63, 3.8) is 0 Å². The molecule has 0 unspecified atom stereocenters. The van der Waals surface area contributed by atoms with Crippen LogP contribution in [0.3, 0.4) is 0 Å². The number of carbonyl (C=O) groups excluding carboxylic acids is 2. The average molecular weight is 273 g/mol. The third-order valence-corrected chi connectivity index (χ3v) is 4.35. The van der Waals surface area contributed by atoms with E-state index >= 15 is 0 Å². The second-order valence-electron chi connectivity index (χ2n) is 5.50. The molecule has 2 saturated heterocycles. The number of imide groups is 1. The molecule has 3 rings (SSSR count). The number of hydrogen-bond donors (Lipinski definition) is 1. The van der Waals surface area contributed by atoms with Gasteiger partial charge in [0, 0.05) is 13.6 Å². The summed E-state index contributed by atoms with van der Waals surface area (Å²) in [7, 11) is 1.58. The van der Waals surface area contributed by atoms with Gasteiger partial charge in [-0.1, -0.05) is 30.3 Å².